The van der Waals surface area contributed by atoms with Crippen molar-refractivity contribution in [2.45, 2.75) is 20.3 Å². The molecule has 0 aliphatic carbocycles. The number of anilines is 1. The Bertz CT molecular complexity index is 1080. The summed E-state index contributed by atoms with van der Waals surface area (Å²) in [7, 11) is 0. The molecule has 30 heavy (non-hydrogen) atoms. The average molecular weight is 424 g/mol. The Balaban J connectivity index is 1.76. The van der Waals surface area contributed by atoms with Gasteiger partial charge in [-0.3, -0.25) is 20.3 Å². The van der Waals surface area contributed by atoms with Crippen LogP contribution in [-0.4, -0.2) is 28.7 Å². The minimum absolute atomic E-state index is 0.0430. The number of nitro groups is 1. The maximum atomic E-state index is 11.5. The highest BCUT2D eigenvalue weighted by atomic mass is 32.1. The molecule has 0 unspecified atom stereocenters. The van der Waals surface area contributed by atoms with Crippen molar-refractivity contribution in [3.8, 4) is 11.1 Å². The van der Waals surface area contributed by atoms with E-state index in [-0.39, 0.29) is 18.1 Å². The SMILES string of the molecule is CCOC(=O)Cc1csc(NN=Cc2cc(-c3ccc(C)cc3)ccc2[N+](=O)[O-])n1. The lowest BCUT2D eigenvalue weighted by atomic mass is 10.0. The van der Waals surface area contributed by atoms with Gasteiger partial charge in [0.25, 0.3) is 5.69 Å². The summed E-state index contributed by atoms with van der Waals surface area (Å²) in [5.41, 5.74) is 6.60. The molecule has 9 heteroatoms. The van der Waals surface area contributed by atoms with Gasteiger partial charge in [-0.15, -0.1) is 11.3 Å². The van der Waals surface area contributed by atoms with Crippen molar-refractivity contribution in [1.82, 2.24) is 4.98 Å². The fourth-order valence-corrected chi connectivity index (χ4v) is 3.37. The van der Waals surface area contributed by atoms with E-state index in [0.29, 0.717) is 23.0 Å². The summed E-state index contributed by atoms with van der Waals surface area (Å²) in [5, 5.41) is 17.7. The summed E-state index contributed by atoms with van der Waals surface area (Å²) < 4.78 is 4.90. The van der Waals surface area contributed by atoms with Crippen molar-refractivity contribution in [2.75, 3.05) is 12.0 Å². The summed E-state index contributed by atoms with van der Waals surface area (Å²) >= 11 is 1.28. The summed E-state index contributed by atoms with van der Waals surface area (Å²) in [6, 6.07) is 12.8. The van der Waals surface area contributed by atoms with E-state index >= 15 is 0 Å². The Morgan fingerprint density at radius 1 is 1.27 bits per heavy atom. The van der Waals surface area contributed by atoms with Gasteiger partial charge >= 0.3 is 5.97 Å². The predicted molar refractivity (Wildman–Crippen MR) is 117 cm³/mol. The monoisotopic (exact) mass is 424 g/mol. The van der Waals surface area contributed by atoms with Gasteiger partial charge in [0.05, 0.1) is 35.4 Å². The van der Waals surface area contributed by atoms with Gasteiger partial charge in [0.1, 0.15) is 0 Å². The van der Waals surface area contributed by atoms with Gasteiger partial charge in [0, 0.05) is 11.4 Å². The van der Waals surface area contributed by atoms with Crippen LogP contribution < -0.4 is 5.43 Å². The molecular formula is C21H20N4O4S. The molecule has 3 rings (SSSR count). The van der Waals surface area contributed by atoms with E-state index < -0.39 is 4.92 Å². The number of benzene rings is 2. The molecule has 0 amide bonds. The maximum Gasteiger partial charge on any atom is 0.311 e. The second kappa shape index (κ2) is 9.75. The molecule has 0 saturated carbocycles. The Morgan fingerprint density at radius 2 is 2.00 bits per heavy atom. The zero-order chi connectivity index (χ0) is 21.5. The van der Waals surface area contributed by atoms with Crippen LogP contribution in [0.15, 0.2) is 52.9 Å². The molecule has 1 aromatic heterocycles. The molecule has 0 bridgehead atoms. The lowest BCUT2D eigenvalue weighted by Gasteiger charge is -2.05. The summed E-state index contributed by atoms with van der Waals surface area (Å²) in [4.78, 5) is 26.7. The molecule has 0 saturated heterocycles. The van der Waals surface area contributed by atoms with Crippen molar-refractivity contribution < 1.29 is 14.5 Å². The van der Waals surface area contributed by atoms with E-state index in [1.807, 2.05) is 31.2 Å². The number of carbonyl (C=O) groups excluding carboxylic acids is 1. The van der Waals surface area contributed by atoms with E-state index in [4.69, 9.17) is 4.74 Å². The van der Waals surface area contributed by atoms with Crippen molar-refractivity contribution in [1.29, 1.82) is 0 Å². The van der Waals surface area contributed by atoms with Crippen LogP contribution in [0.4, 0.5) is 10.8 Å². The number of nitro benzene ring substituents is 1. The number of hydrogen-bond donors (Lipinski definition) is 1. The van der Waals surface area contributed by atoms with Gasteiger partial charge in [0.15, 0.2) is 0 Å². The van der Waals surface area contributed by atoms with Crippen LogP contribution in [0, 0.1) is 17.0 Å². The minimum Gasteiger partial charge on any atom is -0.466 e. The molecule has 8 nitrogen and oxygen atoms in total. The summed E-state index contributed by atoms with van der Waals surface area (Å²) in [6.07, 6.45) is 1.47. The quantitative estimate of drug-likeness (QED) is 0.245. The first kappa shape index (κ1) is 21.1. The Kier molecular flexibility index (Phi) is 6.87. The van der Waals surface area contributed by atoms with Gasteiger partial charge in [-0.2, -0.15) is 5.10 Å². The number of carbonyl (C=O) groups is 1. The summed E-state index contributed by atoms with van der Waals surface area (Å²) in [5.74, 6) is -0.346. The van der Waals surface area contributed by atoms with Crippen molar-refractivity contribution in [3.05, 3.63) is 74.8 Å². The average Bonchev–Trinajstić information content (AvgIpc) is 3.15. The Labute approximate surface area is 177 Å². The number of nitrogens with one attached hydrogen (secondary N) is 1. The van der Waals surface area contributed by atoms with Gasteiger partial charge in [-0.05, 0) is 37.1 Å². The number of ether oxygens (including phenoxy) is 1. The van der Waals surface area contributed by atoms with E-state index in [9.17, 15) is 14.9 Å². The van der Waals surface area contributed by atoms with Crippen LogP contribution in [0.5, 0.6) is 0 Å². The molecule has 3 aromatic rings. The third kappa shape index (κ3) is 5.48. The molecule has 0 spiro atoms. The molecule has 2 aromatic carbocycles. The smallest absolute Gasteiger partial charge is 0.311 e. The molecule has 0 atom stereocenters. The number of rotatable bonds is 8. The lowest BCUT2D eigenvalue weighted by molar-refractivity contribution is -0.385. The van der Waals surface area contributed by atoms with Crippen LogP contribution in [0.3, 0.4) is 0 Å². The van der Waals surface area contributed by atoms with E-state index in [1.165, 1.54) is 23.6 Å². The number of esters is 1. The fraction of sp³-hybridized carbons (Fsp3) is 0.190. The normalized spacial score (nSPS) is 10.9. The third-order valence-corrected chi connectivity index (χ3v) is 4.95. The zero-order valence-electron chi connectivity index (χ0n) is 16.5. The second-order valence-corrected chi connectivity index (χ2v) is 7.25. The molecule has 1 heterocycles. The van der Waals surface area contributed by atoms with Crippen LogP contribution >= 0.6 is 11.3 Å². The van der Waals surface area contributed by atoms with E-state index in [2.05, 4.69) is 15.5 Å². The van der Waals surface area contributed by atoms with Crippen LogP contribution in [0.1, 0.15) is 23.7 Å². The number of hydrogen-bond acceptors (Lipinski definition) is 8. The molecule has 0 aliphatic heterocycles. The van der Waals surface area contributed by atoms with Crippen molar-refractivity contribution in [2.24, 2.45) is 5.10 Å². The predicted octanol–water partition coefficient (Wildman–Crippen LogP) is 4.58. The number of nitrogens with zero attached hydrogens (tertiary/aromatic N) is 3. The Hall–Kier alpha value is -3.59. The molecule has 0 aliphatic rings. The summed E-state index contributed by atoms with van der Waals surface area (Å²) in [6.45, 7) is 4.06. The van der Waals surface area contributed by atoms with E-state index in [1.54, 1.807) is 24.4 Å². The van der Waals surface area contributed by atoms with Crippen LogP contribution in [0.2, 0.25) is 0 Å². The number of thiazole rings is 1. The number of aromatic nitrogens is 1. The van der Waals surface area contributed by atoms with E-state index in [0.717, 1.165) is 16.7 Å². The zero-order valence-corrected chi connectivity index (χ0v) is 17.3. The molecule has 0 radical (unpaired) electrons. The first-order valence-corrected chi connectivity index (χ1v) is 10.1. The Morgan fingerprint density at radius 3 is 2.70 bits per heavy atom. The first-order chi connectivity index (χ1) is 14.5. The lowest BCUT2D eigenvalue weighted by Crippen LogP contribution is -2.07. The number of hydrazone groups is 1. The molecule has 0 fully saturated rings. The number of aryl methyl sites for hydroxylation is 1. The van der Waals surface area contributed by atoms with Crippen molar-refractivity contribution in [3.63, 3.8) is 0 Å². The fourth-order valence-electron chi connectivity index (χ4n) is 2.71. The standard InChI is InChI=1S/C21H20N4O4S/c1-3-29-20(26)11-18-13-30-21(23-18)24-22-12-17-10-16(8-9-19(17)25(27)28)15-6-4-14(2)5-7-15/h4-10,12-13H,3,11H2,1-2H3,(H,23,24). The van der Waals surface area contributed by atoms with Gasteiger partial charge in [-0.1, -0.05) is 29.8 Å². The van der Waals surface area contributed by atoms with Gasteiger partial charge in [0.2, 0.25) is 5.13 Å². The second-order valence-electron chi connectivity index (χ2n) is 6.39. The molecule has 154 valence electrons. The molecular weight excluding hydrogens is 404 g/mol. The van der Waals surface area contributed by atoms with Gasteiger partial charge in [-0.25, -0.2) is 4.98 Å². The largest absolute Gasteiger partial charge is 0.466 e. The van der Waals surface area contributed by atoms with Crippen molar-refractivity contribution >= 4 is 34.3 Å². The first-order valence-electron chi connectivity index (χ1n) is 9.21. The third-order valence-electron chi connectivity index (χ3n) is 4.16. The van der Waals surface area contributed by atoms with Crippen LogP contribution in [-0.2, 0) is 16.0 Å². The minimum atomic E-state index is -0.443. The van der Waals surface area contributed by atoms with Gasteiger partial charge < -0.3 is 4.74 Å². The topological polar surface area (TPSA) is 107 Å². The highest BCUT2D eigenvalue weighted by Gasteiger charge is 2.14. The molecule has 1 N–H and O–H groups in total. The highest BCUT2D eigenvalue weighted by molar-refractivity contribution is 7.13. The highest BCUT2D eigenvalue weighted by Crippen LogP contribution is 2.26. The van der Waals surface area contributed by atoms with Crippen LogP contribution in [0.25, 0.3) is 11.1 Å². The maximum absolute atomic E-state index is 11.5.